The van der Waals surface area contributed by atoms with Crippen LogP contribution >= 0.6 is 15.9 Å². The van der Waals surface area contributed by atoms with Gasteiger partial charge in [0.15, 0.2) is 0 Å². The maximum atomic E-state index is 12.2. The molecule has 0 atom stereocenters. The minimum atomic E-state index is -0.176. The van der Waals surface area contributed by atoms with Gasteiger partial charge in [0.05, 0.1) is 0 Å². The number of aryl methyl sites for hydroxylation is 2. The van der Waals surface area contributed by atoms with Gasteiger partial charge < -0.3 is 10.4 Å². The maximum Gasteiger partial charge on any atom is 0.255 e. The van der Waals surface area contributed by atoms with Crippen molar-refractivity contribution in [3.05, 3.63) is 57.6 Å². The van der Waals surface area contributed by atoms with E-state index in [1.165, 1.54) is 6.07 Å². The number of hydrogen-bond acceptors (Lipinski definition) is 2. The van der Waals surface area contributed by atoms with Crippen molar-refractivity contribution in [2.45, 2.75) is 20.3 Å². The van der Waals surface area contributed by atoms with Crippen LogP contribution in [-0.4, -0.2) is 11.0 Å². The lowest BCUT2D eigenvalue weighted by Gasteiger charge is -2.11. The van der Waals surface area contributed by atoms with Gasteiger partial charge in [0.25, 0.3) is 5.91 Å². The largest absolute Gasteiger partial charge is 0.508 e. The third-order valence-corrected chi connectivity index (χ3v) is 3.65. The molecule has 0 aromatic heterocycles. The molecule has 0 fully saturated rings. The molecule has 4 heteroatoms. The van der Waals surface area contributed by atoms with Gasteiger partial charge in [0.2, 0.25) is 0 Å². The fourth-order valence-electron chi connectivity index (χ4n) is 1.97. The van der Waals surface area contributed by atoms with E-state index in [4.69, 9.17) is 0 Å². The molecule has 2 rings (SSSR count). The van der Waals surface area contributed by atoms with Crippen molar-refractivity contribution in [3.63, 3.8) is 0 Å². The van der Waals surface area contributed by atoms with Crippen LogP contribution in [0.2, 0.25) is 0 Å². The van der Waals surface area contributed by atoms with Gasteiger partial charge in [-0.2, -0.15) is 0 Å². The van der Waals surface area contributed by atoms with E-state index >= 15 is 0 Å². The lowest BCUT2D eigenvalue weighted by atomic mass is 10.1. The average molecular weight is 334 g/mol. The van der Waals surface area contributed by atoms with Gasteiger partial charge in [0.1, 0.15) is 5.75 Å². The van der Waals surface area contributed by atoms with Crippen LogP contribution in [0.1, 0.15) is 28.4 Å². The first-order chi connectivity index (χ1) is 9.51. The van der Waals surface area contributed by atoms with Gasteiger partial charge in [-0.05, 0) is 60.9 Å². The number of carbonyl (C=O) groups excluding carboxylic acids is 1. The Morgan fingerprint density at radius 1 is 1.25 bits per heavy atom. The molecule has 0 saturated heterocycles. The van der Waals surface area contributed by atoms with Gasteiger partial charge in [-0.15, -0.1) is 0 Å². The molecule has 2 N–H and O–H groups in total. The highest BCUT2D eigenvalue weighted by Gasteiger charge is 2.10. The Labute approximate surface area is 126 Å². The second-order valence-corrected chi connectivity index (χ2v) is 5.53. The van der Waals surface area contributed by atoms with Crippen LogP contribution in [0.3, 0.4) is 0 Å². The van der Waals surface area contributed by atoms with Crippen LogP contribution in [0, 0.1) is 6.92 Å². The van der Waals surface area contributed by atoms with Crippen molar-refractivity contribution in [2.24, 2.45) is 0 Å². The summed E-state index contributed by atoms with van der Waals surface area (Å²) in [7, 11) is 0. The number of phenolic OH excluding ortho intramolecular Hbond substituents is 1. The SMILES string of the molecule is CCc1cc(Br)ccc1NC(=O)c1ccc(O)c(C)c1. The highest BCUT2D eigenvalue weighted by atomic mass is 79.9. The molecule has 0 radical (unpaired) electrons. The smallest absolute Gasteiger partial charge is 0.255 e. The van der Waals surface area contributed by atoms with Crippen LogP contribution in [0.4, 0.5) is 5.69 Å². The number of phenols is 1. The molecule has 0 saturated carbocycles. The normalized spacial score (nSPS) is 10.3. The fourth-order valence-corrected chi connectivity index (χ4v) is 2.38. The summed E-state index contributed by atoms with van der Waals surface area (Å²) in [5.74, 6) is 0.0181. The first kappa shape index (κ1) is 14.6. The Kier molecular flexibility index (Phi) is 4.45. The zero-order valence-electron chi connectivity index (χ0n) is 11.4. The summed E-state index contributed by atoms with van der Waals surface area (Å²) in [6.45, 7) is 3.81. The highest BCUT2D eigenvalue weighted by molar-refractivity contribution is 9.10. The fraction of sp³-hybridized carbons (Fsp3) is 0.188. The number of rotatable bonds is 3. The van der Waals surface area contributed by atoms with E-state index in [2.05, 4.69) is 21.2 Å². The molecule has 0 aliphatic heterocycles. The number of hydrogen-bond donors (Lipinski definition) is 2. The highest BCUT2D eigenvalue weighted by Crippen LogP contribution is 2.23. The molecule has 0 aliphatic carbocycles. The number of halogens is 1. The Balaban J connectivity index is 2.25. The number of benzene rings is 2. The monoisotopic (exact) mass is 333 g/mol. The van der Waals surface area contributed by atoms with Crippen molar-refractivity contribution >= 4 is 27.5 Å². The van der Waals surface area contributed by atoms with Crippen LogP contribution in [0.15, 0.2) is 40.9 Å². The molecule has 2 aromatic rings. The zero-order chi connectivity index (χ0) is 14.7. The Morgan fingerprint density at radius 2 is 2.00 bits per heavy atom. The Bertz CT molecular complexity index is 653. The molecular formula is C16H16BrNO2. The summed E-state index contributed by atoms with van der Waals surface area (Å²) < 4.78 is 0.993. The molecule has 2 aromatic carbocycles. The molecule has 0 bridgehead atoms. The summed E-state index contributed by atoms with van der Waals surface area (Å²) in [6, 6.07) is 10.6. The van der Waals surface area contributed by atoms with E-state index in [-0.39, 0.29) is 11.7 Å². The number of nitrogens with one attached hydrogen (secondary N) is 1. The molecule has 0 unspecified atom stereocenters. The predicted molar refractivity (Wildman–Crippen MR) is 84.3 cm³/mol. The maximum absolute atomic E-state index is 12.2. The van der Waals surface area contributed by atoms with E-state index in [1.807, 2.05) is 25.1 Å². The molecule has 0 spiro atoms. The number of anilines is 1. The molecule has 104 valence electrons. The molecule has 1 amide bonds. The summed E-state index contributed by atoms with van der Waals surface area (Å²) in [6.07, 6.45) is 0.837. The predicted octanol–water partition coefficient (Wildman–Crippen LogP) is 4.28. The van der Waals surface area contributed by atoms with Gasteiger partial charge in [-0.25, -0.2) is 0 Å². The minimum absolute atomic E-state index is 0.176. The van der Waals surface area contributed by atoms with E-state index in [1.54, 1.807) is 19.1 Å². The third-order valence-electron chi connectivity index (χ3n) is 3.16. The first-order valence-electron chi connectivity index (χ1n) is 6.40. The molecular weight excluding hydrogens is 318 g/mol. The first-order valence-corrected chi connectivity index (χ1v) is 7.20. The van der Waals surface area contributed by atoms with Crippen LogP contribution < -0.4 is 5.32 Å². The van der Waals surface area contributed by atoms with E-state index in [0.29, 0.717) is 11.1 Å². The molecule has 3 nitrogen and oxygen atoms in total. The summed E-state index contributed by atoms with van der Waals surface area (Å²) in [5.41, 5.74) is 3.10. The van der Waals surface area contributed by atoms with Crippen LogP contribution in [0.25, 0.3) is 0 Å². The molecule has 0 heterocycles. The minimum Gasteiger partial charge on any atom is -0.508 e. The zero-order valence-corrected chi connectivity index (χ0v) is 13.0. The van der Waals surface area contributed by atoms with Crippen molar-refractivity contribution in [3.8, 4) is 5.75 Å². The van der Waals surface area contributed by atoms with Crippen molar-refractivity contribution in [2.75, 3.05) is 5.32 Å². The summed E-state index contributed by atoms with van der Waals surface area (Å²) in [5, 5.41) is 12.4. The van der Waals surface area contributed by atoms with Gasteiger partial charge in [0, 0.05) is 15.7 Å². The summed E-state index contributed by atoms with van der Waals surface area (Å²) >= 11 is 3.43. The molecule has 0 aliphatic rings. The Morgan fingerprint density at radius 3 is 2.65 bits per heavy atom. The lowest BCUT2D eigenvalue weighted by Crippen LogP contribution is -2.13. The van der Waals surface area contributed by atoms with E-state index < -0.39 is 0 Å². The van der Waals surface area contributed by atoms with Crippen LogP contribution in [-0.2, 0) is 6.42 Å². The second-order valence-electron chi connectivity index (χ2n) is 4.61. The topological polar surface area (TPSA) is 49.3 Å². The van der Waals surface area contributed by atoms with Crippen molar-refractivity contribution < 1.29 is 9.90 Å². The second kappa shape index (κ2) is 6.09. The van der Waals surface area contributed by atoms with Crippen molar-refractivity contribution in [1.82, 2.24) is 0 Å². The average Bonchev–Trinajstić information content (AvgIpc) is 2.43. The van der Waals surface area contributed by atoms with Gasteiger partial charge >= 0.3 is 0 Å². The van der Waals surface area contributed by atoms with Crippen molar-refractivity contribution in [1.29, 1.82) is 0 Å². The quantitative estimate of drug-likeness (QED) is 0.880. The number of amides is 1. The molecule has 20 heavy (non-hydrogen) atoms. The van der Waals surface area contributed by atoms with E-state index in [9.17, 15) is 9.90 Å². The van der Waals surface area contributed by atoms with Crippen LogP contribution in [0.5, 0.6) is 5.75 Å². The number of carbonyl (C=O) groups is 1. The lowest BCUT2D eigenvalue weighted by molar-refractivity contribution is 0.102. The van der Waals surface area contributed by atoms with Gasteiger partial charge in [-0.1, -0.05) is 22.9 Å². The van der Waals surface area contributed by atoms with Gasteiger partial charge in [-0.3, -0.25) is 4.79 Å². The van der Waals surface area contributed by atoms with E-state index in [0.717, 1.165) is 22.1 Å². The Hall–Kier alpha value is -1.81. The summed E-state index contributed by atoms with van der Waals surface area (Å²) in [4.78, 5) is 12.2. The third kappa shape index (κ3) is 3.20. The standard InChI is InChI=1S/C16H16BrNO2/c1-3-11-9-13(17)5-6-14(11)18-16(20)12-4-7-15(19)10(2)8-12/h4-9,19H,3H2,1-2H3,(H,18,20). The number of aromatic hydroxyl groups is 1.